The third-order valence-electron chi connectivity index (χ3n) is 11.1. The van der Waals surface area contributed by atoms with Crippen LogP contribution in [0.15, 0.2) is 86.3 Å². The molecule has 300 valence electrons. The van der Waals surface area contributed by atoms with Crippen molar-refractivity contribution in [3.05, 3.63) is 106 Å². The zero-order valence-electron chi connectivity index (χ0n) is 34.6. The summed E-state index contributed by atoms with van der Waals surface area (Å²) in [7, 11) is 0. The number of aryl methyl sites for hydroxylation is 2. The average molecular weight is 793 g/mol. The molecule has 0 aromatic heterocycles. The van der Waals surface area contributed by atoms with Crippen molar-refractivity contribution in [1.82, 2.24) is 0 Å². The first-order chi connectivity index (χ1) is 27.0. The summed E-state index contributed by atoms with van der Waals surface area (Å²) in [6.45, 7) is 11.0. The van der Waals surface area contributed by atoms with E-state index in [1.807, 2.05) is 42.5 Å². The van der Waals surface area contributed by atoms with Gasteiger partial charge in [0.2, 0.25) is 5.78 Å². The van der Waals surface area contributed by atoms with Gasteiger partial charge in [-0.05, 0) is 84.2 Å². The van der Waals surface area contributed by atoms with Gasteiger partial charge in [-0.2, -0.15) is 0 Å². The Balaban J connectivity index is 1.52. The molecular weight excluding hydrogens is 729 g/mol. The van der Waals surface area contributed by atoms with Crippen LogP contribution in [0.3, 0.4) is 0 Å². The van der Waals surface area contributed by atoms with Crippen LogP contribution in [-0.2, 0) is 18.3 Å². The Morgan fingerprint density at radius 3 is 1.27 bits per heavy atom. The Bertz CT molecular complexity index is 1910. The second kappa shape index (κ2) is 21.3. The van der Waals surface area contributed by atoms with Gasteiger partial charge in [0.1, 0.15) is 11.5 Å². The van der Waals surface area contributed by atoms with Gasteiger partial charge < -0.3 is 10.2 Å². The molecule has 0 bridgehead atoms. The van der Waals surface area contributed by atoms with E-state index in [2.05, 4.69) is 58.9 Å². The molecule has 4 aromatic rings. The molecular formula is C50H64O4S2. The van der Waals surface area contributed by atoms with Gasteiger partial charge in [-0.3, -0.25) is 9.59 Å². The van der Waals surface area contributed by atoms with E-state index in [0.29, 0.717) is 33.8 Å². The van der Waals surface area contributed by atoms with E-state index in [4.69, 9.17) is 0 Å². The van der Waals surface area contributed by atoms with E-state index in [1.54, 1.807) is 0 Å². The molecule has 0 aliphatic heterocycles. The van der Waals surface area contributed by atoms with E-state index >= 15 is 4.79 Å². The highest BCUT2D eigenvalue weighted by molar-refractivity contribution is 7.99. The lowest BCUT2D eigenvalue weighted by molar-refractivity contribution is 0.0969. The predicted octanol–water partition coefficient (Wildman–Crippen LogP) is 14.8. The number of phenolic OH excluding ortho intramolecular Hbond substituents is 2. The Morgan fingerprint density at radius 2 is 0.857 bits per heavy atom. The molecule has 0 saturated heterocycles. The minimum atomic E-state index is -0.472. The largest absolute Gasteiger partial charge is 0.507 e. The first-order valence-corrected chi connectivity index (χ1v) is 23.1. The molecule has 0 heterocycles. The molecule has 6 heteroatoms. The Hall–Kier alpha value is -3.48. The average Bonchev–Trinajstić information content (AvgIpc) is 3.18. The lowest BCUT2D eigenvalue weighted by Crippen LogP contribution is -2.24. The molecule has 4 nitrogen and oxygen atoms in total. The first kappa shape index (κ1) is 43.6. The van der Waals surface area contributed by atoms with Crippen molar-refractivity contribution >= 4 is 35.1 Å². The smallest absolute Gasteiger partial charge is 0.202 e. The summed E-state index contributed by atoms with van der Waals surface area (Å²) in [5.74, 6) is -1.04. The van der Waals surface area contributed by atoms with Crippen molar-refractivity contribution in [1.29, 1.82) is 0 Å². The summed E-state index contributed by atoms with van der Waals surface area (Å²) in [5, 5.41) is 23.8. The Morgan fingerprint density at radius 1 is 0.482 bits per heavy atom. The zero-order chi connectivity index (χ0) is 40.1. The number of rotatable bonds is 22. The lowest BCUT2D eigenvalue weighted by Gasteiger charge is -2.26. The van der Waals surface area contributed by atoms with Gasteiger partial charge in [0, 0.05) is 19.6 Å². The molecule has 0 atom stereocenters. The highest BCUT2D eigenvalue weighted by Crippen LogP contribution is 2.48. The quantitative estimate of drug-likeness (QED) is 0.0680. The van der Waals surface area contributed by atoms with Crippen LogP contribution in [0.2, 0.25) is 0 Å². The third-order valence-corrected chi connectivity index (χ3v) is 13.2. The normalized spacial score (nSPS) is 12.6. The van der Waals surface area contributed by atoms with E-state index in [1.165, 1.54) is 93.3 Å². The summed E-state index contributed by atoms with van der Waals surface area (Å²) in [5.41, 5.74) is 3.10. The van der Waals surface area contributed by atoms with Crippen LogP contribution in [0.4, 0.5) is 0 Å². The van der Waals surface area contributed by atoms with Gasteiger partial charge >= 0.3 is 0 Å². The summed E-state index contributed by atoms with van der Waals surface area (Å²) in [6.07, 6.45) is 19.8. The highest BCUT2D eigenvalue weighted by atomic mass is 32.2. The maximum atomic E-state index is 15.0. The number of carbonyl (C=O) groups excluding carboxylic acids is 2. The van der Waals surface area contributed by atoms with Crippen LogP contribution in [0.5, 0.6) is 11.5 Å². The number of phenols is 2. The third kappa shape index (κ3) is 11.3. The number of fused-ring (bicyclic) bond motifs is 2. The highest BCUT2D eigenvalue weighted by Gasteiger charge is 2.40. The van der Waals surface area contributed by atoms with Crippen molar-refractivity contribution in [2.24, 2.45) is 0 Å². The van der Waals surface area contributed by atoms with Crippen molar-refractivity contribution in [3.8, 4) is 11.5 Å². The van der Waals surface area contributed by atoms with Crippen LogP contribution < -0.4 is 0 Å². The van der Waals surface area contributed by atoms with Crippen molar-refractivity contribution < 1.29 is 19.8 Å². The van der Waals surface area contributed by atoms with Crippen molar-refractivity contribution in [2.75, 3.05) is 0 Å². The minimum Gasteiger partial charge on any atom is -0.507 e. The fourth-order valence-corrected chi connectivity index (χ4v) is 9.82. The predicted molar refractivity (Wildman–Crippen MR) is 236 cm³/mol. The molecule has 4 aromatic carbocycles. The first-order valence-electron chi connectivity index (χ1n) is 21.4. The van der Waals surface area contributed by atoms with E-state index in [-0.39, 0.29) is 45.0 Å². The summed E-state index contributed by atoms with van der Waals surface area (Å²) >= 11 is 2.91. The SMILES string of the molecule is CCCCCCCCCCc1cc(Sc2ccccc2)c2c(c1O)C(=O)c1c(O)c(CCCCCCCCCC)cc(Sc3ccc(C(C)(C)C)cc3)c1C2=O. The Labute approximate surface area is 345 Å². The van der Waals surface area contributed by atoms with E-state index in [9.17, 15) is 15.0 Å². The summed E-state index contributed by atoms with van der Waals surface area (Å²) < 4.78 is 0. The maximum absolute atomic E-state index is 15.0. The Kier molecular flexibility index (Phi) is 16.6. The van der Waals surface area contributed by atoms with Gasteiger partial charge in [-0.25, -0.2) is 0 Å². The molecule has 5 rings (SSSR count). The van der Waals surface area contributed by atoms with Crippen LogP contribution >= 0.6 is 23.5 Å². The number of aromatic hydroxyl groups is 2. The fraction of sp³-hybridized carbons (Fsp3) is 0.480. The van der Waals surface area contributed by atoms with E-state index < -0.39 is 5.78 Å². The van der Waals surface area contributed by atoms with Crippen LogP contribution in [-0.4, -0.2) is 21.8 Å². The maximum Gasteiger partial charge on any atom is 0.202 e. The van der Waals surface area contributed by atoms with E-state index in [0.717, 1.165) is 48.3 Å². The minimum absolute atomic E-state index is 0.00190. The second-order valence-electron chi connectivity index (χ2n) is 16.7. The van der Waals surface area contributed by atoms with Gasteiger partial charge in [-0.1, -0.05) is 178 Å². The van der Waals surface area contributed by atoms with Gasteiger partial charge in [-0.15, -0.1) is 0 Å². The molecule has 1 aliphatic carbocycles. The molecule has 0 spiro atoms. The number of unbranched alkanes of at least 4 members (excludes halogenated alkanes) is 14. The van der Waals surface area contributed by atoms with Gasteiger partial charge in [0.15, 0.2) is 5.78 Å². The number of hydrogen-bond donors (Lipinski definition) is 2. The monoisotopic (exact) mass is 792 g/mol. The molecule has 1 aliphatic rings. The van der Waals surface area contributed by atoms with Crippen LogP contribution in [0.25, 0.3) is 0 Å². The van der Waals surface area contributed by atoms with Crippen LogP contribution in [0, 0.1) is 0 Å². The lowest BCUT2D eigenvalue weighted by atomic mass is 9.80. The number of benzene rings is 4. The summed E-state index contributed by atoms with van der Waals surface area (Å²) in [4.78, 5) is 33.1. The molecule has 2 N–H and O–H groups in total. The molecule has 0 amide bonds. The fourth-order valence-electron chi connectivity index (χ4n) is 7.75. The molecule has 0 saturated carbocycles. The molecule has 0 fully saturated rings. The number of hydrogen-bond acceptors (Lipinski definition) is 6. The van der Waals surface area contributed by atoms with Crippen molar-refractivity contribution in [3.63, 3.8) is 0 Å². The van der Waals surface area contributed by atoms with Crippen LogP contribution in [0.1, 0.15) is 186 Å². The van der Waals surface area contributed by atoms with Gasteiger partial charge in [0.05, 0.1) is 22.3 Å². The molecule has 0 radical (unpaired) electrons. The topological polar surface area (TPSA) is 74.6 Å². The van der Waals surface area contributed by atoms with Gasteiger partial charge in [0.25, 0.3) is 0 Å². The second-order valence-corrected chi connectivity index (χ2v) is 18.9. The molecule has 0 unspecified atom stereocenters. The molecule has 56 heavy (non-hydrogen) atoms. The standard InChI is InChI=1S/C50H64O4S2/c1-6-8-10-12-14-16-18-21-25-35-33-40(55-38-27-23-20-24-28-38)42-44(46(35)51)49(54)45-43(48(42)53)41(56-39-31-29-37(30-32-39)50(3,4)5)34-36(47(45)52)26-22-19-17-15-13-11-9-7-2/h20,23-24,27-34,51-52H,6-19,21-22,25-26H2,1-5H3. The van der Waals surface area contributed by atoms with Crippen molar-refractivity contribution in [2.45, 2.75) is 175 Å². The zero-order valence-corrected chi connectivity index (χ0v) is 36.2. The summed E-state index contributed by atoms with van der Waals surface area (Å²) in [6, 6.07) is 22.1. The number of ketones is 2. The number of carbonyl (C=O) groups is 2.